The summed E-state index contributed by atoms with van der Waals surface area (Å²) in [5.41, 5.74) is 0.542. The van der Waals surface area contributed by atoms with E-state index in [0.29, 0.717) is 11.0 Å². The number of carbonyl (C=O) groups is 4. The molecule has 164 valence electrons. The Balaban J connectivity index is 1.76. The van der Waals surface area contributed by atoms with E-state index in [1.165, 1.54) is 24.3 Å². The summed E-state index contributed by atoms with van der Waals surface area (Å²) < 4.78 is 5.55. The van der Waals surface area contributed by atoms with Crippen molar-refractivity contribution in [1.29, 1.82) is 0 Å². The van der Waals surface area contributed by atoms with Crippen molar-refractivity contribution in [2.75, 3.05) is 0 Å². The van der Waals surface area contributed by atoms with Gasteiger partial charge >= 0.3 is 17.9 Å². The summed E-state index contributed by atoms with van der Waals surface area (Å²) in [6.45, 7) is 0. The van der Waals surface area contributed by atoms with E-state index < -0.39 is 36.3 Å². The molecule has 0 saturated heterocycles. The van der Waals surface area contributed by atoms with E-state index in [2.05, 4.69) is 15.3 Å². The van der Waals surface area contributed by atoms with Crippen molar-refractivity contribution < 1.29 is 39.2 Å². The molecule has 3 aromatic rings. The second-order valence-electron chi connectivity index (χ2n) is 6.59. The zero-order chi connectivity index (χ0) is 23.3. The maximum absolute atomic E-state index is 12.3. The van der Waals surface area contributed by atoms with Gasteiger partial charge < -0.3 is 25.4 Å². The van der Waals surface area contributed by atoms with E-state index in [1.807, 2.05) is 0 Å². The molecule has 11 nitrogen and oxygen atoms in total. The fourth-order valence-electron chi connectivity index (χ4n) is 2.75. The minimum atomic E-state index is -1.36. The summed E-state index contributed by atoms with van der Waals surface area (Å²) in [5, 5.41) is 29.5. The number of para-hydroxylation sites is 2. The third-order valence-corrected chi connectivity index (χ3v) is 4.32. The first-order valence-electron chi connectivity index (χ1n) is 9.28. The number of nitrogens with one attached hydrogen (secondary N) is 1. The van der Waals surface area contributed by atoms with Crippen LogP contribution in [0.15, 0.2) is 48.5 Å². The van der Waals surface area contributed by atoms with Crippen LogP contribution in [0.2, 0.25) is 0 Å². The number of amides is 1. The number of carboxylic acids is 3. The number of benzene rings is 2. The number of carboxylic acid groups (broad SMARTS) is 3. The van der Waals surface area contributed by atoms with Crippen LogP contribution in [-0.2, 0) is 9.59 Å². The number of nitrogens with zero attached hydrogens (tertiary/aromatic N) is 2. The predicted molar refractivity (Wildman–Crippen MR) is 109 cm³/mol. The van der Waals surface area contributed by atoms with E-state index >= 15 is 0 Å². The van der Waals surface area contributed by atoms with Crippen LogP contribution in [0.5, 0.6) is 11.6 Å². The number of carbonyl (C=O) groups excluding carboxylic acids is 1. The molecule has 0 bridgehead atoms. The number of aliphatic carboxylic acids is 2. The van der Waals surface area contributed by atoms with Gasteiger partial charge in [-0.25, -0.2) is 19.6 Å². The van der Waals surface area contributed by atoms with E-state index in [0.717, 1.165) is 0 Å². The highest BCUT2D eigenvalue weighted by atomic mass is 16.5. The molecule has 0 saturated carbocycles. The van der Waals surface area contributed by atoms with Gasteiger partial charge in [-0.3, -0.25) is 9.59 Å². The van der Waals surface area contributed by atoms with Gasteiger partial charge in [0.1, 0.15) is 11.8 Å². The summed E-state index contributed by atoms with van der Waals surface area (Å²) in [4.78, 5) is 53.9. The summed E-state index contributed by atoms with van der Waals surface area (Å²) in [7, 11) is 0. The number of rotatable bonds is 9. The largest absolute Gasteiger partial charge is 0.481 e. The number of aromatic carboxylic acids is 1. The smallest absolute Gasteiger partial charge is 0.360 e. The van der Waals surface area contributed by atoms with Gasteiger partial charge in [-0.2, -0.15) is 0 Å². The Labute approximate surface area is 180 Å². The van der Waals surface area contributed by atoms with Gasteiger partial charge in [0.2, 0.25) is 5.69 Å². The van der Waals surface area contributed by atoms with Gasteiger partial charge in [-0.1, -0.05) is 12.1 Å². The topological polar surface area (TPSA) is 176 Å². The van der Waals surface area contributed by atoms with E-state index in [1.54, 1.807) is 24.3 Å². The fraction of sp³-hybridized carbons (Fsp3) is 0.143. The first-order valence-corrected chi connectivity index (χ1v) is 9.28. The molecule has 1 amide bonds. The lowest BCUT2D eigenvalue weighted by atomic mass is 10.1. The molecule has 0 aliphatic carbocycles. The standard InChI is InChI=1S/C21H17N3O8/c25-16(26)10-9-15(20(28)29)23-18(27)11-5-7-12(8-6-11)32-19-17(21(30)31)22-13-3-1-2-4-14(13)24-19/h1-8,15H,9-10H2,(H,23,27)(H,25,26)(H,28,29)(H,30,31)/t15-/m0/s1. The molecule has 4 N–H and O–H groups in total. The molecule has 0 spiro atoms. The highest BCUT2D eigenvalue weighted by Crippen LogP contribution is 2.25. The molecule has 32 heavy (non-hydrogen) atoms. The highest BCUT2D eigenvalue weighted by Gasteiger charge is 2.22. The summed E-state index contributed by atoms with van der Waals surface area (Å²) >= 11 is 0. The van der Waals surface area contributed by atoms with Crippen LogP contribution in [0.25, 0.3) is 11.0 Å². The molecule has 1 aromatic heterocycles. The zero-order valence-corrected chi connectivity index (χ0v) is 16.4. The Bertz CT molecular complexity index is 1190. The third-order valence-electron chi connectivity index (χ3n) is 4.32. The van der Waals surface area contributed by atoms with Crippen molar-refractivity contribution in [2.45, 2.75) is 18.9 Å². The summed E-state index contributed by atoms with van der Waals surface area (Å²) in [6.07, 6.45) is -0.682. The Hall–Kier alpha value is -4.54. The predicted octanol–water partition coefficient (Wildman–Crippen LogP) is 2.17. The number of aromatic nitrogens is 2. The monoisotopic (exact) mass is 439 g/mol. The number of ether oxygens (including phenoxy) is 1. The van der Waals surface area contributed by atoms with E-state index in [9.17, 15) is 24.3 Å². The quantitative estimate of drug-likeness (QED) is 0.386. The number of hydrogen-bond acceptors (Lipinski definition) is 7. The molecule has 0 aliphatic heterocycles. The van der Waals surface area contributed by atoms with Crippen molar-refractivity contribution >= 4 is 34.8 Å². The Kier molecular flexibility index (Phi) is 6.59. The van der Waals surface area contributed by atoms with Gasteiger partial charge in [0.15, 0.2) is 0 Å². The van der Waals surface area contributed by atoms with Gasteiger partial charge in [0, 0.05) is 12.0 Å². The molecular weight excluding hydrogens is 422 g/mol. The first-order chi connectivity index (χ1) is 15.2. The molecule has 1 atom stereocenters. The minimum Gasteiger partial charge on any atom is -0.481 e. The molecule has 0 radical (unpaired) electrons. The average molecular weight is 439 g/mol. The third kappa shape index (κ3) is 5.33. The SMILES string of the molecule is O=C(O)CC[C@H](NC(=O)c1ccc(Oc2nc3ccccc3nc2C(=O)O)cc1)C(=O)O. The second-order valence-corrected chi connectivity index (χ2v) is 6.59. The lowest BCUT2D eigenvalue weighted by Crippen LogP contribution is -2.41. The lowest BCUT2D eigenvalue weighted by Gasteiger charge is -2.14. The zero-order valence-electron chi connectivity index (χ0n) is 16.4. The maximum atomic E-state index is 12.3. The summed E-state index contributed by atoms with van der Waals surface area (Å²) in [5.74, 6) is -4.62. The number of hydrogen-bond donors (Lipinski definition) is 4. The van der Waals surface area contributed by atoms with Crippen LogP contribution < -0.4 is 10.1 Å². The molecular formula is C21H17N3O8. The van der Waals surface area contributed by atoms with Crippen molar-refractivity contribution in [2.24, 2.45) is 0 Å². The van der Waals surface area contributed by atoms with E-state index in [-0.39, 0.29) is 29.3 Å². The van der Waals surface area contributed by atoms with Crippen LogP contribution in [0.3, 0.4) is 0 Å². The Morgan fingerprint density at radius 1 is 0.906 bits per heavy atom. The van der Waals surface area contributed by atoms with E-state index in [4.69, 9.17) is 14.9 Å². The molecule has 0 unspecified atom stereocenters. The van der Waals surface area contributed by atoms with Crippen molar-refractivity contribution in [1.82, 2.24) is 15.3 Å². The van der Waals surface area contributed by atoms with Crippen LogP contribution in [-0.4, -0.2) is 55.1 Å². The molecule has 0 fully saturated rings. The Morgan fingerprint density at radius 2 is 1.53 bits per heavy atom. The molecule has 0 aliphatic rings. The fourth-order valence-corrected chi connectivity index (χ4v) is 2.75. The highest BCUT2D eigenvalue weighted by molar-refractivity contribution is 5.96. The summed E-state index contributed by atoms with van der Waals surface area (Å²) in [6, 6.07) is 10.8. The van der Waals surface area contributed by atoms with Crippen LogP contribution >= 0.6 is 0 Å². The molecule has 1 heterocycles. The van der Waals surface area contributed by atoms with Crippen LogP contribution in [0.4, 0.5) is 0 Å². The van der Waals surface area contributed by atoms with Crippen LogP contribution in [0, 0.1) is 0 Å². The van der Waals surface area contributed by atoms with Crippen LogP contribution in [0.1, 0.15) is 33.7 Å². The lowest BCUT2D eigenvalue weighted by molar-refractivity contribution is -0.140. The van der Waals surface area contributed by atoms with Crippen molar-refractivity contribution in [3.8, 4) is 11.6 Å². The van der Waals surface area contributed by atoms with Crippen molar-refractivity contribution in [3.63, 3.8) is 0 Å². The molecule has 2 aromatic carbocycles. The number of fused-ring (bicyclic) bond motifs is 1. The Morgan fingerprint density at radius 3 is 2.09 bits per heavy atom. The van der Waals surface area contributed by atoms with Gasteiger partial charge in [-0.05, 0) is 42.8 Å². The van der Waals surface area contributed by atoms with Gasteiger partial charge in [0.25, 0.3) is 11.8 Å². The van der Waals surface area contributed by atoms with Gasteiger partial charge in [0.05, 0.1) is 11.0 Å². The van der Waals surface area contributed by atoms with Crippen molar-refractivity contribution in [3.05, 3.63) is 59.8 Å². The maximum Gasteiger partial charge on any atom is 0.360 e. The molecule has 11 heteroatoms. The molecule has 3 rings (SSSR count). The van der Waals surface area contributed by atoms with Gasteiger partial charge in [-0.15, -0.1) is 0 Å². The first kappa shape index (κ1) is 22.2. The second kappa shape index (κ2) is 9.51. The normalized spacial score (nSPS) is 11.5. The minimum absolute atomic E-state index is 0.0991. The average Bonchev–Trinajstić information content (AvgIpc) is 2.76.